The maximum Gasteiger partial charge on any atom is 0.297 e. The molecule has 1 aliphatic rings. The molecule has 1 aromatic carbocycles. The summed E-state index contributed by atoms with van der Waals surface area (Å²) in [6.07, 6.45) is 0. The Morgan fingerprint density at radius 1 is 1.38 bits per heavy atom. The average Bonchev–Trinajstić information content (AvgIpc) is 2.95. The van der Waals surface area contributed by atoms with Gasteiger partial charge in [0.2, 0.25) is 11.7 Å². The Morgan fingerprint density at radius 3 is 2.86 bits per heavy atom. The lowest BCUT2D eigenvalue weighted by atomic mass is 10.1. The number of carbonyl (C=O) groups excluding carboxylic acids is 2. The zero-order chi connectivity index (χ0) is 15.0. The zero-order valence-electron chi connectivity index (χ0n) is 11.8. The zero-order valence-corrected chi connectivity index (χ0v) is 11.8. The molecule has 6 nitrogen and oxygen atoms in total. The molecular formula is C15H15N3O3. The molecule has 2 aromatic rings. The third-order valence-electron chi connectivity index (χ3n) is 3.35. The van der Waals surface area contributed by atoms with Crippen molar-refractivity contribution >= 4 is 23.2 Å². The van der Waals surface area contributed by atoms with Crippen LogP contribution in [-0.2, 0) is 4.79 Å². The van der Waals surface area contributed by atoms with Crippen molar-refractivity contribution in [2.45, 2.75) is 19.8 Å². The fourth-order valence-corrected chi connectivity index (χ4v) is 2.21. The van der Waals surface area contributed by atoms with Gasteiger partial charge in [0, 0.05) is 6.07 Å². The minimum Gasteiger partial charge on any atom is -0.351 e. The average molecular weight is 285 g/mol. The Morgan fingerprint density at radius 2 is 2.14 bits per heavy atom. The molecule has 2 amide bonds. The first-order valence-corrected chi connectivity index (χ1v) is 6.73. The summed E-state index contributed by atoms with van der Waals surface area (Å²) in [5.41, 5.74) is 1.99. The number of anilines is 2. The minimum atomic E-state index is -0.364. The highest BCUT2D eigenvalue weighted by atomic mass is 16.5. The molecule has 0 radical (unpaired) electrons. The van der Waals surface area contributed by atoms with E-state index >= 15 is 0 Å². The number of nitrogens with zero attached hydrogens (tertiary/aromatic N) is 2. The number of carbonyl (C=O) groups is 2. The van der Waals surface area contributed by atoms with E-state index in [0.717, 1.165) is 0 Å². The van der Waals surface area contributed by atoms with Crippen LogP contribution >= 0.6 is 0 Å². The van der Waals surface area contributed by atoms with E-state index < -0.39 is 0 Å². The molecule has 3 rings (SSSR count). The molecule has 0 saturated heterocycles. The van der Waals surface area contributed by atoms with Gasteiger partial charge < -0.3 is 9.84 Å². The highest BCUT2D eigenvalue weighted by Crippen LogP contribution is 2.30. The Labute approximate surface area is 121 Å². The molecule has 0 aliphatic carbocycles. The van der Waals surface area contributed by atoms with Crippen LogP contribution in [-0.4, -0.2) is 23.5 Å². The van der Waals surface area contributed by atoms with E-state index in [4.69, 9.17) is 4.52 Å². The summed E-state index contributed by atoms with van der Waals surface area (Å²) in [6, 6.07) is 8.79. The molecule has 0 saturated carbocycles. The summed E-state index contributed by atoms with van der Waals surface area (Å²) in [6.45, 7) is 3.90. The van der Waals surface area contributed by atoms with Crippen molar-refractivity contribution in [3.8, 4) is 0 Å². The number of para-hydroxylation sites is 2. The molecule has 0 atom stereocenters. The molecule has 1 aliphatic heterocycles. The van der Waals surface area contributed by atoms with Gasteiger partial charge in [0.1, 0.15) is 6.54 Å². The number of benzene rings is 1. The SMILES string of the molecule is CC(C)c1cc(C(=O)N2CC(=O)Nc3ccccc32)on1. The Bertz CT molecular complexity index is 706. The van der Waals surface area contributed by atoms with Crippen LogP contribution in [0.3, 0.4) is 0 Å². The summed E-state index contributed by atoms with van der Waals surface area (Å²) in [4.78, 5) is 25.7. The van der Waals surface area contributed by atoms with Crippen LogP contribution < -0.4 is 10.2 Å². The second-order valence-corrected chi connectivity index (χ2v) is 5.23. The molecule has 1 aromatic heterocycles. The molecule has 0 unspecified atom stereocenters. The molecule has 0 spiro atoms. The van der Waals surface area contributed by atoms with Gasteiger partial charge in [-0.05, 0) is 18.1 Å². The standard InChI is InChI=1S/C15H15N3O3/c1-9(2)11-7-13(21-17-11)15(20)18-8-14(19)16-10-5-3-4-6-12(10)18/h3-7,9H,8H2,1-2H3,(H,16,19). The second-order valence-electron chi connectivity index (χ2n) is 5.23. The first-order chi connectivity index (χ1) is 10.1. The third-order valence-corrected chi connectivity index (χ3v) is 3.35. The van der Waals surface area contributed by atoms with E-state index in [-0.39, 0.29) is 30.0 Å². The summed E-state index contributed by atoms with van der Waals surface area (Å²) < 4.78 is 5.12. The van der Waals surface area contributed by atoms with Gasteiger partial charge in [-0.1, -0.05) is 31.1 Å². The maximum absolute atomic E-state index is 12.6. The number of hydrogen-bond acceptors (Lipinski definition) is 4. The molecule has 1 N–H and O–H groups in total. The van der Waals surface area contributed by atoms with Crippen LogP contribution in [0, 0.1) is 0 Å². The summed E-state index contributed by atoms with van der Waals surface area (Å²) in [5.74, 6) is -0.280. The van der Waals surface area contributed by atoms with Crippen LogP contribution in [0.15, 0.2) is 34.9 Å². The topological polar surface area (TPSA) is 75.4 Å². The van der Waals surface area contributed by atoms with Crippen molar-refractivity contribution in [1.82, 2.24) is 5.16 Å². The van der Waals surface area contributed by atoms with Crippen molar-refractivity contribution in [2.75, 3.05) is 16.8 Å². The van der Waals surface area contributed by atoms with Crippen molar-refractivity contribution in [1.29, 1.82) is 0 Å². The summed E-state index contributed by atoms with van der Waals surface area (Å²) >= 11 is 0. The normalized spacial score (nSPS) is 14.0. The maximum atomic E-state index is 12.6. The van der Waals surface area contributed by atoms with Gasteiger partial charge in [-0.2, -0.15) is 0 Å². The molecule has 0 fully saturated rings. The molecule has 108 valence electrons. The van der Waals surface area contributed by atoms with Gasteiger partial charge in [0.15, 0.2) is 0 Å². The monoisotopic (exact) mass is 285 g/mol. The van der Waals surface area contributed by atoms with Gasteiger partial charge in [-0.25, -0.2) is 0 Å². The number of fused-ring (bicyclic) bond motifs is 1. The van der Waals surface area contributed by atoms with E-state index in [1.165, 1.54) is 4.90 Å². The predicted octanol–water partition coefficient (Wildman–Crippen LogP) is 2.40. The number of amides is 2. The lowest BCUT2D eigenvalue weighted by Crippen LogP contribution is -2.42. The van der Waals surface area contributed by atoms with E-state index in [1.807, 2.05) is 19.9 Å². The van der Waals surface area contributed by atoms with Gasteiger partial charge >= 0.3 is 0 Å². The van der Waals surface area contributed by atoms with E-state index in [0.29, 0.717) is 17.1 Å². The van der Waals surface area contributed by atoms with Gasteiger partial charge in [-0.3, -0.25) is 14.5 Å². The number of nitrogens with one attached hydrogen (secondary N) is 1. The van der Waals surface area contributed by atoms with Crippen LogP contribution in [0.4, 0.5) is 11.4 Å². The first-order valence-electron chi connectivity index (χ1n) is 6.73. The Balaban J connectivity index is 1.96. The highest BCUT2D eigenvalue weighted by molar-refractivity contribution is 6.14. The molecular weight excluding hydrogens is 270 g/mol. The number of rotatable bonds is 2. The van der Waals surface area contributed by atoms with Crippen molar-refractivity contribution in [2.24, 2.45) is 0 Å². The molecule has 0 bridgehead atoms. The summed E-state index contributed by atoms with van der Waals surface area (Å²) in [7, 11) is 0. The lowest BCUT2D eigenvalue weighted by Gasteiger charge is -2.28. The molecule has 6 heteroatoms. The number of aromatic nitrogens is 1. The minimum absolute atomic E-state index is 0.0342. The van der Waals surface area contributed by atoms with E-state index in [1.54, 1.807) is 24.3 Å². The predicted molar refractivity (Wildman–Crippen MR) is 77.3 cm³/mol. The van der Waals surface area contributed by atoms with E-state index in [9.17, 15) is 9.59 Å². The van der Waals surface area contributed by atoms with Crippen LogP contribution in [0.1, 0.15) is 36.0 Å². The highest BCUT2D eigenvalue weighted by Gasteiger charge is 2.29. The van der Waals surface area contributed by atoms with Gasteiger partial charge in [0.05, 0.1) is 17.1 Å². The van der Waals surface area contributed by atoms with Crippen LogP contribution in [0.5, 0.6) is 0 Å². The quantitative estimate of drug-likeness (QED) is 0.919. The fraction of sp³-hybridized carbons (Fsp3) is 0.267. The number of hydrogen-bond donors (Lipinski definition) is 1. The fourth-order valence-electron chi connectivity index (χ4n) is 2.21. The van der Waals surface area contributed by atoms with Crippen molar-refractivity contribution in [3.05, 3.63) is 41.8 Å². The Kier molecular flexibility index (Phi) is 3.21. The second kappa shape index (κ2) is 5.05. The first kappa shape index (κ1) is 13.4. The lowest BCUT2D eigenvalue weighted by molar-refractivity contribution is -0.115. The Hall–Kier alpha value is -2.63. The summed E-state index contributed by atoms with van der Waals surface area (Å²) in [5, 5.41) is 6.62. The van der Waals surface area contributed by atoms with Crippen LogP contribution in [0.2, 0.25) is 0 Å². The molecule has 2 heterocycles. The largest absolute Gasteiger partial charge is 0.351 e. The van der Waals surface area contributed by atoms with Crippen molar-refractivity contribution < 1.29 is 14.1 Å². The van der Waals surface area contributed by atoms with E-state index in [2.05, 4.69) is 10.5 Å². The van der Waals surface area contributed by atoms with Gasteiger partial charge in [0.25, 0.3) is 5.91 Å². The van der Waals surface area contributed by atoms with Gasteiger partial charge in [-0.15, -0.1) is 0 Å². The van der Waals surface area contributed by atoms with Crippen LogP contribution in [0.25, 0.3) is 0 Å². The smallest absolute Gasteiger partial charge is 0.297 e. The molecule has 21 heavy (non-hydrogen) atoms. The third kappa shape index (κ3) is 2.40. The van der Waals surface area contributed by atoms with Crippen molar-refractivity contribution in [3.63, 3.8) is 0 Å².